The second kappa shape index (κ2) is 6.14. The third-order valence-electron chi connectivity index (χ3n) is 2.12. The second-order valence-electron chi connectivity index (χ2n) is 3.38. The number of pyridine rings is 1. The average Bonchev–Trinajstić information content (AvgIpc) is 2.29. The van der Waals surface area contributed by atoms with Gasteiger partial charge in [0, 0.05) is 12.4 Å². The van der Waals surface area contributed by atoms with E-state index in [1.807, 2.05) is 6.92 Å². The van der Waals surface area contributed by atoms with Crippen LogP contribution in [0.4, 0.5) is 0 Å². The first-order chi connectivity index (χ1) is 7.27. The molecule has 0 radical (unpaired) electrons. The van der Waals surface area contributed by atoms with Crippen molar-refractivity contribution < 1.29 is 9.90 Å². The molecular formula is C11H16N2O2. The lowest BCUT2D eigenvalue weighted by atomic mass is 10.1. The Hall–Kier alpha value is -1.42. The Balaban J connectivity index is 2.55. The van der Waals surface area contributed by atoms with Gasteiger partial charge in [-0.3, -0.25) is 9.78 Å². The fourth-order valence-electron chi connectivity index (χ4n) is 1.32. The quantitative estimate of drug-likeness (QED) is 0.758. The zero-order chi connectivity index (χ0) is 11.1. The fraction of sp³-hybridized carbons (Fsp3) is 0.455. The summed E-state index contributed by atoms with van der Waals surface area (Å²) in [6.45, 7) is 1.98. The second-order valence-corrected chi connectivity index (χ2v) is 3.38. The normalized spacial score (nSPS) is 12.1. The molecule has 1 amide bonds. The van der Waals surface area contributed by atoms with Gasteiger partial charge in [0.15, 0.2) is 0 Å². The maximum absolute atomic E-state index is 11.6. The molecule has 82 valence electrons. The van der Waals surface area contributed by atoms with Crippen molar-refractivity contribution >= 4 is 5.91 Å². The van der Waals surface area contributed by atoms with Crippen LogP contribution in [-0.2, 0) is 0 Å². The predicted molar refractivity (Wildman–Crippen MR) is 57.5 cm³/mol. The molecule has 0 spiro atoms. The van der Waals surface area contributed by atoms with E-state index in [9.17, 15) is 4.79 Å². The zero-order valence-electron chi connectivity index (χ0n) is 8.81. The van der Waals surface area contributed by atoms with Gasteiger partial charge in [-0.05, 0) is 18.6 Å². The Labute approximate surface area is 89.3 Å². The lowest BCUT2D eigenvalue weighted by Gasteiger charge is -2.14. The van der Waals surface area contributed by atoms with Crippen molar-refractivity contribution in [1.29, 1.82) is 0 Å². The third-order valence-corrected chi connectivity index (χ3v) is 2.12. The van der Waals surface area contributed by atoms with Crippen LogP contribution >= 0.6 is 0 Å². The molecule has 0 aromatic carbocycles. The Morgan fingerprint density at radius 1 is 1.67 bits per heavy atom. The Morgan fingerprint density at radius 2 is 2.47 bits per heavy atom. The number of nitrogens with one attached hydrogen (secondary N) is 1. The van der Waals surface area contributed by atoms with Gasteiger partial charge in [0.05, 0.1) is 18.2 Å². The van der Waals surface area contributed by atoms with E-state index in [-0.39, 0.29) is 18.6 Å². The Morgan fingerprint density at radius 3 is 3.00 bits per heavy atom. The first-order valence-corrected chi connectivity index (χ1v) is 5.09. The minimum absolute atomic E-state index is 0.0279. The van der Waals surface area contributed by atoms with Crippen LogP contribution in [0.25, 0.3) is 0 Å². The van der Waals surface area contributed by atoms with Crippen LogP contribution in [0, 0.1) is 0 Å². The summed E-state index contributed by atoms with van der Waals surface area (Å²) in [5, 5.41) is 11.8. The number of aliphatic hydroxyl groups excluding tert-OH is 1. The maximum atomic E-state index is 11.6. The predicted octanol–water partition coefficient (Wildman–Crippen LogP) is 0.972. The lowest BCUT2D eigenvalue weighted by Crippen LogP contribution is -2.37. The highest BCUT2D eigenvalue weighted by Gasteiger charge is 2.11. The van der Waals surface area contributed by atoms with Crippen LogP contribution in [0.5, 0.6) is 0 Å². The van der Waals surface area contributed by atoms with Gasteiger partial charge < -0.3 is 10.4 Å². The summed E-state index contributed by atoms with van der Waals surface area (Å²) in [4.78, 5) is 15.5. The van der Waals surface area contributed by atoms with E-state index >= 15 is 0 Å². The molecule has 0 aliphatic heterocycles. The smallest absolute Gasteiger partial charge is 0.253 e. The summed E-state index contributed by atoms with van der Waals surface area (Å²) in [6, 6.07) is 3.24. The number of carbonyl (C=O) groups excluding carboxylic acids is 1. The van der Waals surface area contributed by atoms with Gasteiger partial charge in [0.25, 0.3) is 5.91 Å². The number of nitrogens with zero attached hydrogens (tertiary/aromatic N) is 1. The molecule has 15 heavy (non-hydrogen) atoms. The van der Waals surface area contributed by atoms with Gasteiger partial charge in [-0.15, -0.1) is 0 Å². The van der Waals surface area contributed by atoms with Gasteiger partial charge in [0.2, 0.25) is 0 Å². The van der Waals surface area contributed by atoms with Crippen molar-refractivity contribution in [3.05, 3.63) is 30.1 Å². The first kappa shape index (κ1) is 11.7. The summed E-state index contributed by atoms with van der Waals surface area (Å²) >= 11 is 0. The molecular weight excluding hydrogens is 192 g/mol. The van der Waals surface area contributed by atoms with Crippen LogP contribution < -0.4 is 5.32 Å². The van der Waals surface area contributed by atoms with Gasteiger partial charge in [-0.2, -0.15) is 0 Å². The molecule has 1 aromatic heterocycles. The van der Waals surface area contributed by atoms with E-state index in [1.54, 1.807) is 18.3 Å². The average molecular weight is 208 g/mol. The van der Waals surface area contributed by atoms with Gasteiger partial charge >= 0.3 is 0 Å². The highest BCUT2D eigenvalue weighted by Crippen LogP contribution is 2.00. The van der Waals surface area contributed by atoms with Crippen molar-refractivity contribution in [2.45, 2.75) is 25.8 Å². The Kier molecular flexibility index (Phi) is 4.77. The van der Waals surface area contributed by atoms with Crippen molar-refractivity contribution in [2.24, 2.45) is 0 Å². The molecule has 4 nitrogen and oxygen atoms in total. The van der Waals surface area contributed by atoms with E-state index in [2.05, 4.69) is 10.3 Å². The summed E-state index contributed by atoms with van der Waals surface area (Å²) in [5.74, 6) is -0.185. The minimum Gasteiger partial charge on any atom is -0.394 e. The monoisotopic (exact) mass is 208 g/mol. The van der Waals surface area contributed by atoms with E-state index in [4.69, 9.17) is 5.11 Å². The number of rotatable bonds is 5. The van der Waals surface area contributed by atoms with Crippen molar-refractivity contribution in [2.75, 3.05) is 6.61 Å². The fourth-order valence-corrected chi connectivity index (χ4v) is 1.32. The minimum atomic E-state index is -0.185. The van der Waals surface area contributed by atoms with Crippen LogP contribution in [0.2, 0.25) is 0 Å². The molecule has 1 heterocycles. The summed E-state index contributed by atoms with van der Waals surface area (Å²) in [6.07, 6.45) is 4.84. The van der Waals surface area contributed by atoms with Crippen molar-refractivity contribution in [3.8, 4) is 0 Å². The molecule has 1 unspecified atom stereocenters. The molecule has 0 fully saturated rings. The van der Waals surface area contributed by atoms with Crippen LogP contribution in [-0.4, -0.2) is 28.6 Å². The first-order valence-electron chi connectivity index (χ1n) is 5.09. The molecule has 0 saturated carbocycles. The highest BCUT2D eigenvalue weighted by molar-refractivity contribution is 5.93. The van der Waals surface area contributed by atoms with Gasteiger partial charge in [-0.1, -0.05) is 13.3 Å². The van der Waals surface area contributed by atoms with Crippen LogP contribution in [0.3, 0.4) is 0 Å². The van der Waals surface area contributed by atoms with E-state index < -0.39 is 0 Å². The van der Waals surface area contributed by atoms with E-state index in [1.165, 1.54) is 6.20 Å². The SMILES string of the molecule is CCCC(CO)NC(=O)c1cccnc1. The topological polar surface area (TPSA) is 62.2 Å². The largest absolute Gasteiger partial charge is 0.394 e. The molecule has 0 saturated heterocycles. The number of hydrogen-bond donors (Lipinski definition) is 2. The van der Waals surface area contributed by atoms with Gasteiger partial charge in [0.1, 0.15) is 0 Å². The number of aromatic nitrogens is 1. The molecule has 0 aliphatic carbocycles. The van der Waals surface area contributed by atoms with Crippen molar-refractivity contribution in [1.82, 2.24) is 10.3 Å². The number of aliphatic hydroxyl groups is 1. The van der Waals surface area contributed by atoms with Crippen LogP contribution in [0.1, 0.15) is 30.1 Å². The Bertz CT molecular complexity index is 301. The van der Waals surface area contributed by atoms with Crippen LogP contribution in [0.15, 0.2) is 24.5 Å². The summed E-state index contributed by atoms with van der Waals surface area (Å²) in [7, 11) is 0. The number of carbonyl (C=O) groups is 1. The third kappa shape index (κ3) is 3.67. The zero-order valence-corrected chi connectivity index (χ0v) is 8.81. The molecule has 1 atom stereocenters. The molecule has 4 heteroatoms. The highest BCUT2D eigenvalue weighted by atomic mass is 16.3. The molecule has 2 N–H and O–H groups in total. The number of amides is 1. The standard InChI is InChI=1S/C11H16N2O2/c1-2-4-10(8-14)13-11(15)9-5-3-6-12-7-9/h3,5-7,10,14H,2,4,8H2,1H3,(H,13,15). The molecule has 0 aliphatic rings. The van der Waals surface area contributed by atoms with Gasteiger partial charge in [-0.25, -0.2) is 0 Å². The molecule has 1 aromatic rings. The summed E-state index contributed by atoms with van der Waals surface area (Å²) in [5.41, 5.74) is 0.520. The van der Waals surface area contributed by atoms with Crippen molar-refractivity contribution in [3.63, 3.8) is 0 Å². The number of hydrogen-bond acceptors (Lipinski definition) is 3. The van der Waals surface area contributed by atoms with E-state index in [0.29, 0.717) is 5.56 Å². The lowest BCUT2D eigenvalue weighted by molar-refractivity contribution is 0.0912. The van der Waals surface area contributed by atoms with E-state index in [0.717, 1.165) is 12.8 Å². The molecule has 0 bridgehead atoms. The maximum Gasteiger partial charge on any atom is 0.253 e. The summed E-state index contributed by atoms with van der Waals surface area (Å²) < 4.78 is 0. The molecule has 1 rings (SSSR count).